The van der Waals surface area contributed by atoms with Crippen LogP contribution in [0.3, 0.4) is 0 Å². The molecule has 0 spiro atoms. The number of carbonyl (C=O) groups excluding carboxylic acids is 1. The lowest BCUT2D eigenvalue weighted by Crippen LogP contribution is -2.12. The van der Waals surface area contributed by atoms with E-state index in [0.29, 0.717) is 11.0 Å². The highest BCUT2D eigenvalue weighted by atomic mass is 32.1. The Morgan fingerprint density at radius 3 is 2.66 bits per heavy atom. The number of halogens is 2. The van der Waals surface area contributed by atoms with Crippen molar-refractivity contribution in [2.24, 2.45) is 0 Å². The minimum atomic E-state index is -0.685. The van der Waals surface area contributed by atoms with Crippen LogP contribution in [-0.2, 0) is 4.74 Å². The summed E-state index contributed by atoms with van der Waals surface area (Å²) in [5, 5.41) is 8.41. The lowest BCUT2D eigenvalue weighted by molar-refractivity contribution is 0.0526. The predicted octanol–water partition coefficient (Wildman–Crippen LogP) is 3.20. The molecule has 4 aromatic rings. The van der Waals surface area contributed by atoms with E-state index in [1.165, 1.54) is 47.2 Å². The second-order valence-corrected chi connectivity index (χ2v) is 6.59. The monoisotopic (exact) mass is 462 g/mol. The summed E-state index contributed by atoms with van der Waals surface area (Å²) in [7, 11) is 1.43. The summed E-state index contributed by atoms with van der Waals surface area (Å²) in [6, 6.07) is 2.79. The van der Waals surface area contributed by atoms with Crippen molar-refractivity contribution in [3.8, 4) is 11.8 Å². The number of methoxy groups -OCH3 is 1. The molecule has 32 heavy (non-hydrogen) atoms. The van der Waals surface area contributed by atoms with Crippen molar-refractivity contribution in [2.45, 2.75) is 19.9 Å². The van der Waals surface area contributed by atoms with Gasteiger partial charge < -0.3 is 9.47 Å². The Bertz CT molecular complexity index is 1280. The van der Waals surface area contributed by atoms with Gasteiger partial charge in [0, 0.05) is 17.8 Å². The fourth-order valence-corrected chi connectivity index (χ4v) is 3.18. The second-order valence-electron chi connectivity index (χ2n) is 6.59. The van der Waals surface area contributed by atoms with E-state index in [9.17, 15) is 13.6 Å². The molecule has 0 N–H and O–H groups in total. The molecule has 12 heteroatoms. The molecular formula is C20H20F2N6O3S. The third-order valence-corrected chi connectivity index (χ3v) is 4.67. The van der Waals surface area contributed by atoms with E-state index in [1.54, 1.807) is 13.8 Å². The number of hydrogen-bond acceptors (Lipinski definition) is 7. The summed E-state index contributed by atoms with van der Waals surface area (Å²) in [5.74, 6) is -1.52. The SMILES string of the molecule is CCOC(=O)c1cnn(-c2nc(OC)c3c(cnn3[C@@H](C)c3ccc(F)cc3F)n2)c1.S. The molecule has 0 aliphatic carbocycles. The quantitative estimate of drug-likeness (QED) is 0.406. The molecular weight excluding hydrogens is 442 g/mol. The fraction of sp³-hybridized carbons (Fsp3) is 0.250. The minimum Gasteiger partial charge on any atom is -0.479 e. The number of rotatable bonds is 6. The van der Waals surface area contributed by atoms with Gasteiger partial charge >= 0.3 is 5.97 Å². The van der Waals surface area contributed by atoms with Crippen LogP contribution in [0.5, 0.6) is 5.88 Å². The topological polar surface area (TPSA) is 97.0 Å². The number of nitrogens with zero attached hydrogens (tertiary/aromatic N) is 6. The zero-order valence-electron chi connectivity index (χ0n) is 17.4. The van der Waals surface area contributed by atoms with Gasteiger partial charge in [0.2, 0.25) is 5.88 Å². The predicted molar refractivity (Wildman–Crippen MR) is 116 cm³/mol. The van der Waals surface area contributed by atoms with Crippen LogP contribution in [0.15, 0.2) is 36.8 Å². The summed E-state index contributed by atoms with van der Waals surface area (Å²) >= 11 is 0. The van der Waals surface area contributed by atoms with E-state index in [4.69, 9.17) is 9.47 Å². The summed E-state index contributed by atoms with van der Waals surface area (Å²) in [4.78, 5) is 20.7. The van der Waals surface area contributed by atoms with Crippen molar-refractivity contribution in [1.82, 2.24) is 29.5 Å². The van der Waals surface area contributed by atoms with E-state index in [-0.39, 0.29) is 43.1 Å². The smallest absolute Gasteiger partial charge is 0.341 e. The number of aromatic nitrogens is 6. The van der Waals surface area contributed by atoms with Gasteiger partial charge in [-0.2, -0.15) is 28.7 Å². The van der Waals surface area contributed by atoms with Crippen molar-refractivity contribution in [3.63, 3.8) is 0 Å². The van der Waals surface area contributed by atoms with Gasteiger partial charge in [0.05, 0.1) is 37.7 Å². The van der Waals surface area contributed by atoms with Crippen LogP contribution in [0.2, 0.25) is 0 Å². The van der Waals surface area contributed by atoms with E-state index in [1.807, 2.05) is 0 Å². The number of benzene rings is 1. The third-order valence-electron chi connectivity index (χ3n) is 4.67. The maximum atomic E-state index is 14.3. The van der Waals surface area contributed by atoms with Crippen LogP contribution in [-0.4, -0.2) is 49.2 Å². The van der Waals surface area contributed by atoms with Crippen LogP contribution < -0.4 is 4.74 Å². The first-order valence-corrected chi connectivity index (χ1v) is 9.39. The molecule has 0 unspecified atom stereocenters. The minimum absolute atomic E-state index is 0. The molecule has 0 saturated heterocycles. The molecule has 0 saturated carbocycles. The number of ether oxygens (including phenoxy) is 2. The molecule has 0 amide bonds. The van der Waals surface area contributed by atoms with Gasteiger partial charge in [-0.1, -0.05) is 6.07 Å². The van der Waals surface area contributed by atoms with Crippen molar-refractivity contribution in [1.29, 1.82) is 0 Å². The van der Waals surface area contributed by atoms with Gasteiger partial charge in [-0.3, -0.25) is 4.68 Å². The highest BCUT2D eigenvalue weighted by Crippen LogP contribution is 2.29. The lowest BCUT2D eigenvalue weighted by Gasteiger charge is -2.16. The van der Waals surface area contributed by atoms with Crippen LogP contribution in [0, 0.1) is 11.6 Å². The van der Waals surface area contributed by atoms with E-state index in [2.05, 4.69) is 20.2 Å². The molecule has 0 bridgehead atoms. The summed E-state index contributed by atoms with van der Waals surface area (Å²) in [6.45, 7) is 3.67. The molecule has 3 heterocycles. The first kappa shape index (κ1) is 23.1. The highest BCUT2D eigenvalue weighted by molar-refractivity contribution is 7.59. The number of carbonyl (C=O) groups is 1. The standard InChI is InChI=1S/C20H18F2N6O3.H2S/c1-4-31-19(29)12-8-23-27(10-12)20-25-16-9-24-28(17(16)18(26-20)30-3)11(2)14-6-5-13(21)7-15(14)22;/h5-11H,4H2,1-3H3;1H2/t11-;/m0./s1. The van der Waals surface area contributed by atoms with Gasteiger partial charge in [-0.25, -0.2) is 23.2 Å². The normalized spacial score (nSPS) is 11.8. The Hall–Kier alpha value is -3.54. The third kappa shape index (κ3) is 4.13. The fourth-order valence-electron chi connectivity index (χ4n) is 3.18. The molecule has 9 nitrogen and oxygen atoms in total. The van der Waals surface area contributed by atoms with E-state index < -0.39 is 23.6 Å². The van der Waals surface area contributed by atoms with E-state index in [0.717, 1.165) is 6.07 Å². The van der Waals surface area contributed by atoms with Crippen LogP contribution in [0.4, 0.5) is 8.78 Å². The number of hydrogen-bond donors (Lipinski definition) is 0. The first-order chi connectivity index (χ1) is 14.9. The van der Waals surface area contributed by atoms with Gasteiger partial charge in [-0.05, 0) is 19.9 Å². The Labute approximate surface area is 188 Å². The van der Waals surface area contributed by atoms with Gasteiger partial charge in [0.25, 0.3) is 5.95 Å². The Morgan fingerprint density at radius 1 is 1.19 bits per heavy atom. The molecule has 1 atom stereocenters. The highest BCUT2D eigenvalue weighted by Gasteiger charge is 2.22. The Balaban J connectivity index is 0.00000289. The van der Waals surface area contributed by atoms with Crippen LogP contribution in [0.25, 0.3) is 17.0 Å². The Kier molecular flexibility index (Phi) is 6.72. The molecule has 168 valence electrons. The van der Waals surface area contributed by atoms with Crippen molar-refractivity contribution < 1.29 is 23.0 Å². The van der Waals surface area contributed by atoms with Gasteiger partial charge in [0.15, 0.2) is 0 Å². The average molecular weight is 462 g/mol. The molecule has 0 radical (unpaired) electrons. The van der Waals surface area contributed by atoms with Crippen molar-refractivity contribution in [3.05, 3.63) is 59.6 Å². The molecule has 3 aromatic heterocycles. The number of esters is 1. The molecule has 0 aliphatic heterocycles. The zero-order valence-corrected chi connectivity index (χ0v) is 18.4. The van der Waals surface area contributed by atoms with Crippen molar-refractivity contribution >= 4 is 30.5 Å². The second kappa shape index (κ2) is 9.30. The summed E-state index contributed by atoms with van der Waals surface area (Å²) in [5.41, 5.74) is 1.36. The van der Waals surface area contributed by atoms with Crippen LogP contribution >= 0.6 is 13.5 Å². The average Bonchev–Trinajstić information content (AvgIpc) is 3.40. The largest absolute Gasteiger partial charge is 0.479 e. The maximum Gasteiger partial charge on any atom is 0.341 e. The lowest BCUT2D eigenvalue weighted by atomic mass is 10.1. The summed E-state index contributed by atoms with van der Waals surface area (Å²) in [6.07, 6.45) is 4.27. The van der Waals surface area contributed by atoms with Gasteiger partial charge in [0.1, 0.15) is 22.7 Å². The van der Waals surface area contributed by atoms with Gasteiger partial charge in [-0.15, -0.1) is 0 Å². The van der Waals surface area contributed by atoms with E-state index >= 15 is 0 Å². The van der Waals surface area contributed by atoms with Crippen molar-refractivity contribution in [2.75, 3.05) is 13.7 Å². The maximum absolute atomic E-state index is 14.3. The molecule has 0 fully saturated rings. The molecule has 4 rings (SSSR count). The Morgan fingerprint density at radius 2 is 1.97 bits per heavy atom. The summed E-state index contributed by atoms with van der Waals surface area (Å²) < 4.78 is 40.8. The van der Waals surface area contributed by atoms with Crippen LogP contribution in [0.1, 0.15) is 35.8 Å². The molecule has 1 aromatic carbocycles. The first-order valence-electron chi connectivity index (χ1n) is 9.39. The zero-order chi connectivity index (χ0) is 22.1. The molecule has 0 aliphatic rings. The number of fused-ring (bicyclic) bond motifs is 1.